The first kappa shape index (κ1) is 18.2. The lowest BCUT2D eigenvalue weighted by Gasteiger charge is -2.07. The Balaban J connectivity index is 1.46. The van der Waals surface area contributed by atoms with Crippen LogP contribution in [0.5, 0.6) is 5.75 Å². The maximum atomic E-state index is 12.5. The fourth-order valence-electron chi connectivity index (χ4n) is 2.81. The van der Waals surface area contributed by atoms with Gasteiger partial charge in [0.25, 0.3) is 10.8 Å². The zero-order valence-corrected chi connectivity index (χ0v) is 16.3. The minimum absolute atomic E-state index is 0.0630. The third kappa shape index (κ3) is 3.77. The van der Waals surface area contributed by atoms with Gasteiger partial charge < -0.3 is 9.15 Å². The molecule has 0 atom stereocenters. The van der Waals surface area contributed by atoms with E-state index in [1.54, 1.807) is 24.8 Å². The molecule has 142 valence electrons. The summed E-state index contributed by atoms with van der Waals surface area (Å²) in [6, 6.07) is 15.0. The predicted molar refractivity (Wildman–Crippen MR) is 107 cm³/mol. The van der Waals surface area contributed by atoms with Crippen molar-refractivity contribution in [2.75, 3.05) is 7.11 Å². The Morgan fingerprint density at radius 2 is 1.89 bits per heavy atom. The van der Waals surface area contributed by atoms with Gasteiger partial charge in [-0.2, -0.15) is 0 Å². The molecule has 8 heteroatoms. The smallest absolute Gasteiger partial charge is 0.277 e. The van der Waals surface area contributed by atoms with Crippen LogP contribution < -0.4 is 10.3 Å². The van der Waals surface area contributed by atoms with E-state index >= 15 is 0 Å². The number of nitrogens with zero attached hydrogens (tertiary/aromatic N) is 4. The fraction of sp³-hybridized carbons (Fsp3) is 0.200. The summed E-state index contributed by atoms with van der Waals surface area (Å²) in [5.74, 6) is 2.46. The Kier molecular flexibility index (Phi) is 5.12. The molecule has 28 heavy (non-hydrogen) atoms. The van der Waals surface area contributed by atoms with E-state index in [2.05, 4.69) is 15.2 Å². The lowest BCUT2D eigenvalue weighted by atomic mass is 10.1. The highest BCUT2D eigenvalue weighted by Gasteiger charge is 2.12. The Morgan fingerprint density at radius 1 is 1.11 bits per heavy atom. The van der Waals surface area contributed by atoms with E-state index in [1.165, 1.54) is 11.8 Å². The molecule has 4 rings (SSSR count). The van der Waals surface area contributed by atoms with Gasteiger partial charge in [0.2, 0.25) is 5.89 Å². The summed E-state index contributed by atoms with van der Waals surface area (Å²) < 4.78 is 12.4. The third-order valence-corrected chi connectivity index (χ3v) is 5.18. The number of para-hydroxylation sites is 1. The first-order valence-corrected chi connectivity index (χ1v) is 9.65. The summed E-state index contributed by atoms with van der Waals surface area (Å²) in [7, 11) is 3.36. The molecule has 2 aromatic carbocycles. The van der Waals surface area contributed by atoms with Crippen molar-refractivity contribution in [1.82, 2.24) is 19.7 Å². The molecule has 0 bridgehead atoms. The summed E-state index contributed by atoms with van der Waals surface area (Å²) in [6.07, 6.45) is 0.546. The van der Waals surface area contributed by atoms with Crippen LogP contribution in [0, 0.1) is 0 Å². The Bertz CT molecular complexity index is 1170. The van der Waals surface area contributed by atoms with Gasteiger partial charge in [0.15, 0.2) is 0 Å². The Hall–Kier alpha value is -3.13. The van der Waals surface area contributed by atoms with Gasteiger partial charge >= 0.3 is 0 Å². The van der Waals surface area contributed by atoms with Crippen molar-refractivity contribution in [1.29, 1.82) is 0 Å². The molecule has 0 saturated carbocycles. The lowest BCUT2D eigenvalue weighted by Crippen LogP contribution is -2.21. The molecule has 0 aliphatic heterocycles. The number of thioether (sulfide) groups is 1. The Morgan fingerprint density at radius 3 is 2.68 bits per heavy atom. The number of hydrogen-bond donors (Lipinski definition) is 0. The van der Waals surface area contributed by atoms with Gasteiger partial charge in [-0.1, -0.05) is 36.0 Å². The SMILES string of the molecule is COc1ccc(Cc2nnc(SCc3nc4ccccc4c(=O)n3C)o2)cc1. The zero-order valence-electron chi connectivity index (χ0n) is 15.5. The minimum Gasteiger partial charge on any atom is -0.497 e. The van der Waals surface area contributed by atoms with Crippen LogP contribution in [0.25, 0.3) is 10.9 Å². The second kappa shape index (κ2) is 7.85. The Labute approximate surface area is 165 Å². The van der Waals surface area contributed by atoms with Crippen molar-refractivity contribution >= 4 is 22.7 Å². The van der Waals surface area contributed by atoms with Crippen LogP contribution in [0.2, 0.25) is 0 Å². The molecule has 2 aromatic heterocycles. The van der Waals surface area contributed by atoms with Crippen molar-refractivity contribution in [3.05, 3.63) is 76.2 Å². The van der Waals surface area contributed by atoms with Crippen LogP contribution >= 0.6 is 11.8 Å². The van der Waals surface area contributed by atoms with Gasteiger partial charge in [-0.15, -0.1) is 10.2 Å². The maximum absolute atomic E-state index is 12.5. The number of aromatic nitrogens is 4. The fourth-order valence-corrected chi connectivity index (χ4v) is 3.57. The van der Waals surface area contributed by atoms with Gasteiger partial charge in [0.1, 0.15) is 11.6 Å². The number of hydrogen-bond acceptors (Lipinski definition) is 7. The quantitative estimate of drug-likeness (QED) is 0.464. The zero-order chi connectivity index (χ0) is 19.5. The average Bonchev–Trinajstić information content (AvgIpc) is 3.17. The van der Waals surface area contributed by atoms with Gasteiger partial charge in [-0.25, -0.2) is 4.98 Å². The second-order valence-corrected chi connectivity index (χ2v) is 7.11. The topological polar surface area (TPSA) is 83.0 Å². The van der Waals surface area contributed by atoms with Crippen LogP contribution in [0.4, 0.5) is 0 Å². The molecule has 0 aliphatic carbocycles. The summed E-state index contributed by atoms with van der Waals surface area (Å²) in [4.78, 5) is 17.0. The normalized spacial score (nSPS) is 11.1. The summed E-state index contributed by atoms with van der Waals surface area (Å²) in [5, 5.41) is 9.24. The van der Waals surface area contributed by atoms with Crippen LogP contribution in [0.1, 0.15) is 17.3 Å². The van der Waals surface area contributed by atoms with E-state index in [1.807, 2.05) is 42.5 Å². The van der Waals surface area contributed by atoms with Crippen molar-refractivity contribution < 1.29 is 9.15 Å². The molecular formula is C20H18N4O3S. The maximum Gasteiger partial charge on any atom is 0.277 e. The first-order chi connectivity index (χ1) is 13.6. The van der Waals surface area contributed by atoms with E-state index in [-0.39, 0.29) is 5.56 Å². The number of ether oxygens (including phenoxy) is 1. The number of fused-ring (bicyclic) bond motifs is 1. The molecular weight excluding hydrogens is 376 g/mol. The van der Waals surface area contributed by atoms with Crippen LogP contribution in [0.3, 0.4) is 0 Å². The standard InChI is InChI=1S/C20H18N4O3S/c1-24-17(21-16-6-4-3-5-15(16)19(24)25)12-28-20-23-22-18(27-20)11-13-7-9-14(26-2)10-8-13/h3-10H,11-12H2,1-2H3. The minimum atomic E-state index is -0.0630. The van der Waals surface area contributed by atoms with E-state index in [9.17, 15) is 4.79 Å². The van der Waals surface area contributed by atoms with Crippen molar-refractivity contribution in [2.45, 2.75) is 17.4 Å². The largest absolute Gasteiger partial charge is 0.497 e. The lowest BCUT2D eigenvalue weighted by molar-refractivity contribution is 0.413. The summed E-state index contributed by atoms with van der Waals surface area (Å²) >= 11 is 1.36. The van der Waals surface area contributed by atoms with E-state index in [0.717, 1.165) is 11.3 Å². The summed E-state index contributed by atoms with van der Waals surface area (Å²) in [5.41, 5.74) is 1.68. The highest BCUT2D eigenvalue weighted by atomic mass is 32.2. The van der Waals surface area contributed by atoms with Crippen molar-refractivity contribution in [2.24, 2.45) is 7.05 Å². The highest BCUT2D eigenvalue weighted by molar-refractivity contribution is 7.98. The molecule has 0 aliphatic rings. The molecule has 4 aromatic rings. The molecule has 0 fully saturated rings. The number of benzene rings is 2. The van der Waals surface area contributed by atoms with Gasteiger partial charge in [-0.05, 0) is 29.8 Å². The average molecular weight is 394 g/mol. The highest BCUT2D eigenvalue weighted by Crippen LogP contribution is 2.22. The summed E-state index contributed by atoms with van der Waals surface area (Å²) in [6.45, 7) is 0. The number of methoxy groups -OCH3 is 1. The monoisotopic (exact) mass is 394 g/mol. The molecule has 7 nitrogen and oxygen atoms in total. The van der Waals surface area contributed by atoms with Crippen molar-refractivity contribution in [3.63, 3.8) is 0 Å². The second-order valence-electron chi connectivity index (χ2n) is 6.18. The third-order valence-electron chi connectivity index (χ3n) is 4.36. The van der Waals surface area contributed by atoms with Gasteiger partial charge in [-0.3, -0.25) is 9.36 Å². The predicted octanol–water partition coefficient (Wildman–Crippen LogP) is 3.21. The molecule has 0 spiro atoms. The molecule has 0 radical (unpaired) electrons. The molecule has 0 unspecified atom stereocenters. The van der Waals surface area contributed by atoms with E-state index in [4.69, 9.17) is 9.15 Å². The molecule has 0 N–H and O–H groups in total. The van der Waals surface area contributed by atoms with Crippen LogP contribution in [-0.4, -0.2) is 26.9 Å². The molecule has 0 saturated heterocycles. The van der Waals surface area contributed by atoms with Gasteiger partial charge in [0.05, 0.1) is 30.2 Å². The van der Waals surface area contributed by atoms with Gasteiger partial charge in [0, 0.05) is 7.05 Å². The molecule has 0 amide bonds. The van der Waals surface area contributed by atoms with E-state index in [0.29, 0.717) is 40.0 Å². The molecule has 2 heterocycles. The van der Waals surface area contributed by atoms with Crippen LogP contribution in [-0.2, 0) is 19.2 Å². The number of rotatable bonds is 6. The van der Waals surface area contributed by atoms with Crippen molar-refractivity contribution in [3.8, 4) is 5.75 Å². The van der Waals surface area contributed by atoms with Crippen LogP contribution in [0.15, 0.2) is 63.0 Å². The first-order valence-electron chi connectivity index (χ1n) is 8.67. The van der Waals surface area contributed by atoms with E-state index < -0.39 is 0 Å².